The van der Waals surface area contributed by atoms with Gasteiger partial charge in [-0.2, -0.15) is 0 Å². The molecule has 1 aromatic heterocycles. The predicted molar refractivity (Wildman–Crippen MR) is 60.1 cm³/mol. The summed E-state index contributed by atoms with van der Waals surface area (Å²) in [6, 6.07) is 12.1. The summed E-state index contributed by atoms with van der Waals surface area (Å²) in [5.41, 5.74) is 0.433. The van der Waals surface area contributed by atoms with Crippen LogP contribution in [0.2, 0.25) is 0 Å². The Labute approximate surface area is 92.4 Å². The van der Waals surface area contributed by atoms with Gasteiger partial charge in [0, 0.05) is 6.20 Å². The second-order valence-corrected chi connectivity index (χ2v) is 2.88. The van der Waals surface area contributed by atoms with Gasteiger partial charge < -0.3 is 10.6 Å². The highest BCUT2D eigenvalue weighted by Crippen LogP contribution is 2.26. The predicted octanol–water partition coefficient (Wildman–Crippen LogP) is 2.38. The van der Waals surface area contributed by atoms with Crippen molar-refractivity contribution in [1.82, 2.24) is 4.98 Å². The van der Waals surface area contributed by atoms with Crippen molar-refractivity contribution in [2.24, 2.45) is 10.2 Å². The van der Waals surface area contributed by atoms with Gasteiger partial charge >= 0.3 is 0 Å². The molecule has 2 aromatic rings. The zero-order valence-corrected chi connectivity index (χ0v) is 8.41. The average molecular weight is 217 g/mol. The molecule has 0 atom stereocenters. The number of phenolic OH excluding ortho intramolecular Hbond substituents is 1. The molecule has 3 N–H and O–H groups in total. The van der Waals surface area contributed by atoms with Gasteiger partial charge in [0.2, 0.25) is 0 Å². The highest BCUT2D eigenvalue weighted by atomic mass is 16.3. The first-order valence-electron chi connectivity index (χ1n) is 4.47. The van der Waals surface area contributed by atoms with Crippen LogP contribution in [-0.4, -0.2) is 15.6 Å². The number of benzene rings is 1. The number of aromatic nitrogens is 1. The van der Waals surface area contributed by atoms with Crippen molar-refractivity contribution in [3.05, 3.63) is 48.7 Å². The first kappa shape index (κ1) is 11.8. The summed E-state index contributed by atoms with van der Waals surface area (Å²) in [4.78, 5) is 3.98. The molecule has 0 bridgehead atoms. The number of phenols is 1. The smallest absolute Gasteiger partial charge is 0.174 e. The molecule has 0 fully saturated rings. The van der Waals surface area contributed by atoms with Gasteiger partial charge in [0.15, 0.2) is 5.82 Å². The summed E-state index contributed by atoms with van der Waals surface area (Å²) in [5, 5.41) is 17.2. The van der Waals surface area contributed by atoms with E-state index >= 15 is 0 Å². The van der Waals surface area contributed by atoms with Crippen molar-refractivity contribution in [2.75, 3.05) is 0 Å². The molecule has 0 saturated carbocycles. The molecule has 5 heteroatoms. The minimum Gasteiger partial charge on any atom is -0.506 e. The number of aromatic hydroxyl groups is 1. The van der Waals surface area contributed by atoms with Crippen LogP contribution in [0.25, 0.3) is 0 Å². The van der Waals surface area contributed by atoms with Crippen molar-refractivity contribution < 1.29 is 10.6 Å². The average Bonchev–Trinajstić information content (AvgIpc) is 2.29. The fourth-order valence-electron chi connectivity index (χ4n) is 1.07. The number of hydrogen-bond donors (Lipinski definition) is 1. The van der Waals surface area contributed by atoms with Crippen LogP contribution in [0.5, 0.6) is 5.75 Å². The summed E-state index contributed by atoms with van der Waals surface area (Å²) in [7, 11) is 0. The molecule has 0 aliphatic rings. The van der Waals surface area contributed by atoms with E-state index in [1.807, 2.05) is 6.07 Å². The summed E-state index contributed by atoms with van der Waals surface area (Å²) < 4.78 is 0. The van der Waals surface area contributed by atoms with Crippen LogP contribution in [0.3, 0.4) is 0 Å². The molecule has 0 aliphatic carbocycles. The molecule has 1 aromatic carbocycles. The Bertz CT molecular complexity index is 472. The Hall–Kier alpha value is -2.27. The molecule has 0 unspecified atom stereocenters. The molecule has 0 spiro atoms. The normalized spacial score (nSPS) is 10.0. The lowest BCUT2D eigenvalue weighted by Gasteiger charge is -1.95. The van der Waals surface area contributed by atoms with E-state index in [4.69, 9.17) is 0 Å². The van der Waals surface area contributed by atoms with Crippen molar-refractivity contribution in [1.29, 1.82) is 0 Å². The van der Waals surface area contributed by atoms with Gasteiger partial charge in [0.05, 0.1) is 0 Å². The second-order valence-electron chi connectivity index (χ2n) is 2.88. The topological polar surface area (TPSA) is 89.3 Å². The van der Waals surface area contributed by atoms with E-state index < -0.39 is 0 Å². The number of nitrogens with zero attached hydrogens (tertiary/aromatic N) is 3. The third-order valence-corrected chi connectivity index (χ3v) is 1.79. The second kappa shape index (κ2) is 5.57. The Morgan fingerprint density at radius 3 is 2.38 bits per heavy atom. The monoisotopic (exact) mass is 217 g/mol. The summed E-state index contributed by atoms with van der Waals surface area (Å²) in [6.45, 7) is 0. The van der Waals surface area contributed by atoms with Crippen molar-refractivity contribution in [3.63, 3.8) is 0 Å². The summed E-state index contributed by atoms with van der Waals surface area (Å²) >= 11 is 0. The molecule has 0 aliphatic heterocycles. The van der Waals surface area contributed by atoms with E-state index in [9.17, 15) is 5.11 Å². The van der Waals surface area contributed by atoms with Crippen molar-refractivity contribution in [2.45, 2.75) is 0 Å². The lowest BCUT2D eigenvalue weighted by molar-refractivity contribution is 0.476. The molecule has 0 amide bonds. The minimum atomic E-state index is 0. The molecular weight excluding hydrogens is 206 g/mol. The van der Waals surface area contributed by atoms with Crippen LogP contribution in [0.15, 0.2) is 58.9 Å². The van der Waals surface area contributed by atoms with Gasteiger partial charge in [0.25, 0.3) is 0 Å². The van der Waals surface area contributed by atoms with E-state index in [1.54, 1.807) is 42.6 Å². The first-order valence-corrected chi connectivity index (χ1v) is 4.47. The lowest BCUT2D eigenvalue weighted by atomic mass is 10.3. The summed E-state index contributed by atoms with van der Waals surface area (Å²) in [5.74, 6) is 0.623. The van der Waals surface area contributed by atoms with E-state index in [0.717, 1.165) is 0 Å². The van der Waals surface area contributed by atoms with E-state index in [2.05, 4.69) is 15.2 Å². The van der Waals surface area contributed by atoms with Gasteiger partial charge in [-0.3, -0.25) is 0 Å². The Kier molecular flexibility index (Phi) is 4.11. The zero-order valence-electron chi connectivity index (χ0n) is 8.41. The van der Waals surface area contributed by atoms with Crippen LogP contribution in [0, 0.1) is 0 Å². The lowest BCUT2D eigenvalue weighted by Crippen LogP contribution is -1.69. The Morgan fingerprint density at radius 2 is 1.69 bits per heavy atom. The molecule has 82 valence electrons. The maximum absolute atomic E-state index is 9.41. The Morgan fingerprint density at radius 1 is 0.938 bits per heavy atom. The molecule has 16 heavy (non-hydrogen) atoms. The molecular formula is C11H11N3O2. The fraction of sp³-hybridized carbons (Fsp3) is 0. The zero-order chi connectivity index (χ0) is 10.5. The van der Waals surface area contributed by atoms with Gasteiger partial charge in [0.1, 0.15) is 11.4 Å². The quantitative estimate of drug-likeness (QED) is 0.782. The molecule has 2 rings (SSSR count). The number of hydrogen-bond acceptors (Lipinski definition) is 4. The molecule has 5 nitrogen and oxygen atoms in total. The first-order chi connectivity index (χ1) is 7.36. The third-order valence-electron chi connectivity index (χ3n) is 1.79. The van der Waals surface area contributed by atoms with Gasteiger partial charge in [-0.05, 0) is 24.3 Å². The van der Waals surface area contributed by atoms with Gasteiger partial charge in [-0.1, -0.05) is 18.2 Å². The van der Waals surface area contributed by atoms with Crippen LogP contribution >= 0.6 is 0 Å². The minimum absolute atomic E-state index is 0. The number of pyridine rings is 1. The highest BCUT2D eigenvalue weighted by Gasteiger charge is 1.96. The molecule has 0 saturated heterocycles. The van der Waals surface area contributed by atoms with Crippen molar-refractivity contribution in [3.8, 4) is 5.75 Å². The van der Waals surface area contributed by atoms with Crippen LogP contribution < -0.4 is 0 Å². The van der Waals surface area contributed by atoms with E-state index in [1.165, 1.54) is 0 Å². The van der Waals surface area contributed by atoms with Crippen LogP contribution in [0.4, 0.5) is 11.5 Å². The Balaban J connectivity index is 0.00000128. The van der Waals surface area contributed by atoms with E-state index in [0.29, 0.717) is 11.5 Å². The standard InChI is InChI=1S/C11H9N3O.H2O/c15-10-6-2-1-5-9(10)13-14-11-7-3-4-8-12-11;/h1-8,15H;1H2. The van der Waals surface area contributed by atoms with Gasteiger partial charge in [-0.25, -0.2) is 4.98 Å². The fourth-order valence-corrected chi connectivity index (χ4v) is 1.07. The highest BCUT2D eigenvalue weighted by molar-refractivity contribution is 5.49. The van der Waals surface area contributed by atoms with Crippen LogP contribution in [-0.2, 0) is 0 Å². The number of rotatable bonds is 2. The largest absolute Gasteiger partial charge is 0.506 e. The number of para-hydroxylation sites is 1. The SMILES string of the molecule is O.Oc1ccccc1N=Nc1ccccn1. The molecule has 0 radical (unpaired) electrons. The maximum atomic E-state index is 9.41. The van der Waals surface area contributed by atoms with Crippen molar-refractivity contribution >= 4 is 11.5 Å². The van der Waals surface area contributed by atoms with Crippen LogP contribution in [0.1, 0.15) is 0 Å². The number of azo groups is 1. The van der Waals surface area contributed by atoms with E-state index in [-0.39, 0.29) is 11.2 Å². The summed E-state index contributed by atoms with van der Waals surface area (Å²) in [6.07, 6.45) is 1.64. The third kappa shape index (κ3) is 2.86. The maximum Gasteiger partial charge on any atom is 0.174 e. The molecule has 1 heterocycles. The van der Waals surface area contributed by atoms with Gasteiger partial charge in [-0.15, -0.1) is 10.2 Å².